The molecule has 0 unspecified atom stereocenters. The van der Waals surface area contributed by atoms with Gasteiger partial charge < -0.3 is 18.9 Å². The Morgan fingerprint density at radius 1 is 0.786 bits per heavy atom. The number of fused-ring (bicyclic) bond motifs is 3. The molecule has 0 radical (unpaired) electrons. The Morgan fingerprint density at radius 3 is 2.18 bits per heavy atom. The number of epoxide rings is 2. The predicted octanol–water partition coefficient (Wildman–Crippen LogP) is -0.556. The maximum atomic E-state index is 13.6. The number of carbonyl (C=O) groups is 4. The van der Waals surface area contributed by atoms with Crippen molar-refractivity contribution in [2.75, 3.05) is 0 Å². The highest BCUT2D eigenvalue weighted by Gasteiger charge is 2.79. The summed E-state index contributed by atoms with van der Waals surface area (Å²) in [7, 11) is 0. The first kappa shape index (κ1) is 15.7. The molecule has 5 aliphatic heterocycles. The number of rotatable bonds is 0. The summed E-state index contributed by atoms with van der Waals surface area (Å²) in [5.41, 5.74) is -0.491. The van der Waals surface area contributed by atoms with E-state index < -0.39 is 60.0 Å². The van der Waals surface area contributed by atoms with Crippen LogP contribution in [0.4, 0.5) is 0 Å². The van der Waals surface area contributed by atoms with Crippen LogP contribution in [0.2, 0.25) is 0 Å². The molecule has 3 saturated heterocycles. The van der Waals surface area contributed by atoms with Gasteiger partial charge in [0.25, 0.3) is 0 Å². The van der Waals surface area contributed by atoms with Crippen LogP contribution in [-0.2, 0) is 38.1 Å². The highest BCUT2D eigenvalue weighted by Crippen LogP contribution is 2.66. The maximum Gasteiger partial charge on any atom is 0.194 e. The molecular formula is C20H16O8. The minimum Gasteiger partial charge on any atom is -0.498 e. The Morgan fingerprint density at radius 2 is 1.43 bits per heavy atom. The third-order valence-electron chi connectivity index (χ3n) is 7.64. The van der Waals surface area contributed by atoms with Gasteiger partial charge in [0, 0.05) is 28.6 Å². The van der Waals surface area contributed by atoms with E-state index in [2.05, 4.69) is 0 Å². The molecule has 0 amide bonds. The van der Waals surface area contributed by atoms with Crippen LogP contribution in [0, 0.1) is 17.3 Å². The fourth-order valence-corrected chi connectivity index (χ4v) is 6.49. The molecule has 4 fully saturated rings. The summed E-state index contributed by atoms with van der Waals surface area (Å²) >= 11 is 0. The maximum absolute atomic E-state index is 13.6. The smallest absolute Gasteiger partial charge is 0.194 e. The van der Waals surface area contributed by atoms with Crippen LogP contribution in [0.1, 0.15) is 13.8 Å². The van der Waals surface area contributed by atoms with Gasteiger partial charge >= 0.3 is 0 Å². The molecule has 8 rings (SSSR count). The van der Waals surface area contributed by atoms with Gasteiger partial charge in [-0.15, -0.1) is 0 Å². The molecule has 0 N–H and O–H groups in total. The van der Waals surface area contributed by atoms with Crippen LogP contribution in [0.5, 0.6) is 0 Å². The largest absolute Gasteiger partial charge is 0.498 e. The quantitative estimate of drug-likeness (QED) is 0.511. The van der Waals surface area contributed by atoms with E-state index in [1.54, 1.807) is 0 Å². The summed E-state index contributed by atoms with van der Waals surface area (Å²) in [6.45, 7) is 3.67. The molecule has 3 aliphatic carbocycles. The van der Waals surface area contributed by atoms with E-state index in [0.29, 0.717) is 5.57 Å². The highest BCUT2D eigenvalue weighted by molar-refractivity contribution is 6.23. The molecule has 5 heterocycles. The van der Waals surface area contributed by atoms with Gasteiger partial charge in [0.2, 0.25) is 0 Å². The van der Waals surface area contributed by atoms with Gasteiger partial charge in [-0.1, -0.05) is 0 Å². The fraction of sp³-hybridized carbons (Fsp3) is 0.600. The van der Waals surface area contributed by atoms with Crippen LogP contribution < -0.4 is 0 Å². The summed E-state index contributed by atoms with van der Waals surface area (Å²) in [5.74, 6) is -2.02. The lowest BCUT2D eigenvalue weighted by Crippen LogP contribution is -2.72. The van der Waals surface area contributed by atoms with Crippen LogP contribution in [-0.4, -0.2) is 65.9 Å². The monoisotopic (exact) mass is 384 g/mol. The summed E-state index contributed by atoms with van der Waals surface area (Å²) in [5, 5.41) is 0. The molecule has 8 aliphatic rings. The Bertz CT molecular complexity index is 1010. The first-order valence-corrected chi connectivity index (χ1v) is 9.62. The Kier molecular flexibility index (Phi) is 2.45. The van der Waals surface area contributed by atoms with Gasteiger partial charge in [-0.05, 0) is 13.8 Å². The third kappa shape index (κ3) is 1.38. The second-order valence-electron chi connectivity index (χ2n) is 8.75. The van der Waals surface area contributed by atoms with Crippen molar-refractivity contribution < 1.29 is 38.1 Å². The molecule has 8 nitrogen and oxygen atoms in total. The second kappa shape index (κ2) is 4.37. The summed E-state index contributed by atoms with van der Waals surface area (Å²) < 4.78 is 22.7. The minimum absolute atomic E-state index is 0.196. The number of carbonyl (C=O) groups excluding carboxylic acids is 4. The molecule has 28 heavy (non-hydrogen) atoms. The molecule has 2 bridgehead atoms. The molecule has 1 spiro atoms. The number of hydrogen-bond acceptors (Lipinski definition) is 8. The topological polar surface area (TPSA) is 112 Å². The highest BCUT2D eigenvalue weighted by atomic mass is 16.6. The van der Waals surface area contributed by atoms with Gasteiger partial charge in [-0.3, -0.25) is 19.2 Å². The zero-order valence-electron chi connectivity index (χ0n) is 15.0. The molecule has 8 heteroatoms. The van der Waals surface area contributed by atoms with E-state index in [-0.39, 0.29) is 34.3 Å². The Labute approximate surface area is 158 Å². The molecule has 0 aromatic heterocycles. The predicted molar refractivity (Wildman–Crippen MR) is 86.8 cm³/mol. The average molecular weight is 384 g/mol. The van der Waals surface area contributed by atoms with E-state index >= 15 is 0 Å². The van der Waals surface area contributed by atoms with Gasteiger partial charge in [-0.25, -0.2) is 0 Å². The van der Waals surface area contributed by atoms with Gasteiger partial charge in [0.15, 0.2) is 47.5 Å². The zero-order chi connectivity index (χ0) is 19.3. The Hall–Kier alpha value is -2.16. The lowest BCUT2D eigenvalue weighted by molar-refractivity contribution is -0.203. The van der Waals surface area contributed by atoms with E-state index in [0.717, 1.165) is 0 Å². The summed E-state index contributed by atoms with van der Waals surface area (Å²) in [6, 6.07) is 0. The molecular weight excluding hydrogens is 368 g/mol. The van der Waals surface area contributed by atoms with Crippen molar-refractivity contribution in [2.45, 2.75) is 56.6 Å². The lowest BCUT2D eigenvalue weighted by Gasteiger charge is -2.62. The second-order valence-corrected chi connectivity index (χ2v) is 8.75. The molecule has 0 aromatic rings. The first-order valence-electron chi connectivity index (χ1n) is 9.62. The van der Waals surface area contributed by atoms with Crippen LogP contribution >= 0.6 is 0 Å². The van der Waals surface area contributed by atoms with E-state index in [9.17, 15) is 19.2 Å². The van der Waals surface area contributed by atoms with Gasteiger partial charge in [0.1, 0.15) is 11.5 Å². The number of Topliss-reactive ketones (excluding diaryl/α,β-unsaturated/α-hetero) is 4. The standard InChI is InChI=1S/C20H16O8/c1-4-7-8-9(13(23)16-15(27-16)12(8)22)19(26-4)20-6(3-25-5(2)10(7)20)11(21)14-17(28-14)18(20)24/h3-5,7,10,14-17,19H,1-2H3/t4-,5-,7+,10+,14-,15+,16-,17-,19-,20+/m1/s1. The van der Waals surface area contributed by atoms with Crippen molar-refractivity contribution in [1.82, 2.24) is 0 Å². The normalized spacial score (nSPS) is 54.8. The Balaban J connectivity index is 1.55. The van der Waals surface area contributed by atoms with Crippen molar-refractivity contribution in [1.29, 1.82) is 0 Å². The fourth-order valence-electron chi connectivity index (χ4n) is 6.49. The summed E-state index contributed by atoms with van der Waals surface area (Å²) in [4.78, 5) is 52.6. The van der Waals surface area contributed by atoms with Gasteiger partial charge in [0.05, 0.1) is 18.5 Å². The van der Waals surface area contributed by atoms with Crippen molar-refractivity contribution in [3.63, 3.8) is 0 Å². The van der Waals surface area contributed by atoms with E-state index in [1.807, 2.05) is 13.8 Å². The molecule has 0 aromatic carbocycles. The first-order chi connectivity index (χ1) is 13.4. The summed E-state index contributed by atoms with van der Waals surface area (Å²) in [6.07, 6.45) is -3.55. The number of ether oxygens (including phenoxy) is 4. The van der Waals surface area contributed by atoms with Crippen molar-refractivity contribution in [2.24, 2.45) is 17.3 Å². The minimum atomic E-state index is -1.35. The van der Waals surface area contributed by atoms with E-state index in [4.69, 9.17) is 18.9 Å². The lowest BCUT2D eigenvalue weighted by atomic mass is 9.45. The molecule has 10 atom stereocenters. The third-order valence-corrected chi connectivity index (χ3v) is 7.64. The van der Waals surface area contributed by atoms with Crippen molar-refractivity contribution in [3.05, 3.63) is 23.0 Å². The van der Waals surface area contributed by atoms with Gasteiger partial charge in [-0.2, -0.15) is 0 Å². The van der Waals surface area contributed by atoms with Crippen molar-refractivity contribution >= 4 is 23.1 Å². The van der Waals surface area contributed by atoms with Crippen molar-refractivity contribution in [3.8, 4) is 0 Å². The average Bonchev–Trinajstić information content (AvgIpc) is 3.57. The van der Waals surface area contributed by atoms with Crippen LogP contribution in [0.25, 0.3) is 0 Å². The van der Waals surface area contributed by atoms with Crippen LogP contribution in [0.3, 0.4) is 0 Å². The van der Waals surface area contributed by atoms with Crippen LogP contribution in [0.15, 0.2) is 23.0 Å². The van der Waals surface area contributed by atoms with E-state index in [1.165, 1.54) is 6.26 Å². The zero-order valence-corrected chi connectivity index (χ0v) is 15.0. The number of ketones is 4. The molecule has 1 saturated carbocycles. The number of hydrogen-bond donors (Lipinski definition) is 0. The molecule has 144 valence electrons. The SMILES string of the molecule is C[C@H]1O[C@@H]2C3=C(C(=O)[C@@H]4O[C@@H]4C3=O)[C@H]1[C@@H]1[C@@H](C)OC=C3C(=O)[C@H]4O[C@H]4C(=O)[C@]312.